The second-order valence-corrected chi connectivity index (χ2v) is 6.59. The summed E-state index contributed by atoms with van der Waals surface area (Å²) in [6.45, 7) is 4.88. The Kier molecular flexibility index (Phi) is 6.69. The van der Waals surface area contributed by atoms with E-state index in [0.717, 1.165) is 44.3 Å². The van der Waals surface area contributed by atoms with Gasteiger partial charge in [0.25, 0.3) is 5.91 Å². The average Bonchev–Trinajstić information content (AvgIpc) is 3.23. The lowest BCUT2D eigenvalue weighted by molar-refractivity contribution is -0.123. The lowest BCUT2D eigenvalue weighted by Crippen LogP contribution is -2.46. The first-order valence-corrected chi connectivity index (χ1v) is 8.49. The van der Waals surface area contributed by atoms with E-state index in [-0.39, 0.29) is 30.3 Å². The number of piperidine rings is 1. The summed E-state index contributed by atoms with van der Waals surface area (Å²) in [5.74, 6) is 0.798. The van der Waals surface area contributed by atoms with Crippen LogP contribution in [0.15, 0.2) is 16.7 Å². The van der Waals surface area contributed by atoms with Crippen molar-refractivity contribution in [2.45, 2.75) is 38.6 Å². The minimum Gasteiger partial charge on any atom is -0.459 e. The number of hydrogen-bond acceptors (Lipinski definition) is 4. The number of nitrogens with one attached hydrogen (secondary N) is 2. The fourth-order valence-electron chi connectivity index (χ4n) is 3.43. The Morgan fingerprint density at radius 1 is 1.38 bits per heavy atom. The fourth-order valence-corrected chi connectivity index (χ4v) is 3.43. The van der Waals surface area contributed by atoms with Crippen molar-refractivity contribution in [2.75, 3.05) is 26.2 Å². The van der Waals surface area contributed by atoms with Crippen LogP contribution in [0.1, 0.15) is 41.8 Å². The second-order valence-electron chi connectivity index (χ2n) is 6.59. The Balaban J connectivity index is 0.00000208. The summed E-state index contributed by atoms with van der Waals surface area (Å²) in [5.41, 5.74) is 0.873. The number of hydrogen-bond donors (Lipinski definition) is 2. The second kappa shape index (κ2) is 8.53. The Morgan fingerprint density at radius 2 is 2.21 bits per heavy atom. The molecule has 6 nitrogen and oxygen atoms in total. The van der Waals surface area contributed by atoms with Crippen molar-refractivity contribution in [1.29, 1.82) is 0 Å². The molecule has 2 saturated heterocycles. The molecule has 7 heteroatoms. The Labute approximate surface area is 148 Å². The fraction of sp³-hybridized carbons (Fsp3) is 0.647. The summed E-state index contributed by atoms with van der Waals surface area (Å²) in [7, 11) is 0. The highest BCUT2D eigenvalue weighted by atomic mass is 35.5. The van der Waals surface area contributed by atoms with E-state index in [2.05, 4.69) is 10.6 Å². The van der Waals surface area contributed by atoms with Gasteiger partial charge in [0.1, 0.15) is 0 Å². The molecule has 2 aliphatic rings. The molecule has 2 atom stereocenters. The minimum atomic E-state index is -0.0408. The zero-order valence-corrected chi connectivity index (χ0v) is 14.9. The molecule has 0 aliphatic carbocycles. The molecule has 2 N–H and O–H groups in total. The molecular weight excluding hydrogens is 330 g/mol. The average molecular weight is 356 g/mol. The van der Waals surface area contributed by atoms with Gasteiger partial charge in [-0.05, 0) is 51.1 Å². The normalized spacial score (nSPS) is 23.6. The first-order valence-electron chi connectivity index (χ1n) is 8.49. The van der Waals surface area contributed by atoms with E-state index in [0.29, 0.717) is 24.8 Å². The Bertz CT molecular complexity index is 569. The molecular formula is C17H26ClN3O3. The third-order valence-corrected chi connectivity index (χ3v) is 4.80. The molecule has 0 saturated carbocycles. The van der Waals surface area contributed by atoms with E-state index >= 15 is 0 Å². The first kappa shape index (κ1) is 18.8. The van der Waals surface area contributed by atoms with Crippen molar-refractivity contribution in [3.63, 3.8) is 0 Å². The van der Waals surface area contributed by atoms with Crippen LogP contribution in [0.25, 0.3) is 0 Å². The molecule has 1 aromatic heterocycles. The number of rotatable bonds is 4. The maximum absolute atomic E-state index is 12.5. The van der Waals surface area contributed by atoms with E-state index in [4.69, 9.17) is 4.42 Å². The lowest BCUT2D eigenvalue weighted by atomic mass is 9.97. The summed E-state index contributed by atoms with van der Waals surface area (Å²) >= 11 is 0. The van der Waals surface area contributed by atoms with E-state index in [1.165, 1.54) is 0 Å². The summed E-state index contributed by atoms with van der Waals surface area (Å²) < 4.78 is 5.31. The number of nitrogens with zero attached hydrogens (tertiary/aromatic N) is 1. The highest BCUT2D eigenvalue weighted by Crippen LogP contribution is 2.20. The molecule has 2 aliphatic heterocycles. The van der Waals surface area contributed by atoms with Crippen LogP contribution in [0.4, 0.5) is 0 Å². The third kappa shape index (κ3) is 4.30. The van der Waals surface area contributed by atoms with Crippen LogP contribution in [0.5, 0.6) is 0 Å². The van der Waals surface area contributed by atoms with Gasteiger partial charge in [0.15, 0.2) is 5.76 Å². The molecule has 134 valence electrons. The quantitative estimate of drug-likeness (QED) is 0.862. The standard InChI is InChI=1S/C17H25N3O3.ClH/c1-12-6-9-23-15(12)17(22)20-8-3-4-13(11-20)10-19-16(21)14-5-2-7-18-14;/h6,9,13-14,18H,2-5,7-8,10-11H2,1H3,(H,19,21);1H. The number of carbonyl (C=O) groups excluding carboxylic acids is 2. The Hall–Kier alpha value is -1.53. The highest BCUT2D eigenvalue weighted by Gasteiger charge is 2.28. The number of amides is 2. The monoisotopic (exact) mass is 355 g/mol. The van der Waals surface area contributed by atoms with Gasteiger partial charge in [0.2, 0.25) is 5.91 Å². The molecule has 0 radical (unpaired) electrons. The van der Waals surface area contributed by atoms with E-state index in [1.807, 2.05) is 17.9 Å². The van der Waals surface area contributed by atoms with Crippen LogP contribution in [-0.2, 0) is 4.79 Å². The van der Waals surface area contributed by atoms with Crippen molar-refractivity contribution in [1.82, 2.24) is 15.5 Å². The van der Waals surface area contributed by atoms with Gasteiger partial charge in [-0.25, -0.2) is 0 Å². The molecule has 24 heavy (non-hydrogen) atoms. The van der Waals surface area contributed by atoms with E-state index in [1.54, 1.807) is 6.26 Å². The van der Waals surface area contributed by atoms with Crippen molar-refractivity contribution in [3.05, 3.63) is 23.7 Å². The molecule has 2 amide bonds. The predicted octanol–water partition coefficient (Wildman–Crippen LogP) is 1.73. The van der Waals surface area contributed by atoms with Crippen LogP contribution >= 0.6 is 12.4 Å². The molecule has 3 rings (SSSR count). The van der Waals surface area contributed by atoms with Gasteiger partial charge in [-0.2, -0.15) is 0 Å². The van der Waals surface area contributed by atoms with Gasteiger partial charge in [0.05, 0.1) is 12.3 Å². The lowest BCUT2D eigenvalue weighted by Gasteiger charge is -2.32. The van der Waals surface area contributed by atoms with Crippen LogP contribution in [0.3, 0.4) is 0 Å². The molecule has 0 bridgehead atoms. The number of furan rings is 1. The van der Waals surface area contributed by atoms with Gasteiger partial charge >= 0.3 is 0 Å². The van der Waals surface area contributed by atoms with Crippen molar-refractivity contribution in [2.24, 2.45) is 5.92 Å². The van der Waals surface area contributed by atoms with Gasteiger partial charge < -0.3 is 20.0 Å². The topological polar surface area (TPSA) is 74.6 Å². The minimum absolute atomic E-state index is 0. The van der Waals surface area contributed by atoms with E-state index < -0.39 is 0 Å². The predicted molar refractivity (Wildman–Crippen MR) is 93.4 cm³/mol. The smallest absolute Gasteiger partial charge is 0.289 e. The molecule has 1 aromatic rings. The van der Waals surface area contributed by atoms with Crippen LogP contribution in [0.2, 0.25) is 0 Å². The summed E-state index contributed by atoms with van der Waals surface area (Å²) in [4.78, 5) is 26.4. The maximum atomic E-state index is 12.5. The van der Waals surface area contributed by atoms with Crippen LogP contribution in [0, 0.1) is 12.8 Å². The van der Waals surface area contributed by atoms with Crippen LogP contribution < -0.4 is 10.6 Å². The molecule has 0 aromatic carbocycles. The zero-order chi connectivity index (χ0) is 16.2. The highest BCUT2D eigenvalue weighted by molar-refractivity contribution is 5.92. The molecule has 0 spiro atoms. The molecule has 3 heterocycles. The number of carbonyl (C=O) groups is 2. The van der Waals surface area contributed by atoms with Gasteiger partial charge in [-0.15, -0.1) is 12.4 Å². The SMILES string of the molecule is Cc1ccoc1C(=O)N1CCCC(CNC(=O)C2CCCN2)C1.Cl. The summed E-state index contributed by atoms with van der Waals surface area (Å²) in [5, 5.41) is 6.24. The summed E-state index contributed by atoms with van der Waals surface area (Å²) in [6, 6.07) is 1.77. The largest absolute Gasteiger partial charge is 0.459 e. The Morgan fingerprint density at radius 3 is 2.88 bits per heavy atom. The third-order valence-electron chi connectivity index (χ3n) is 4.80. The summed E-state index contributed by atoms with van der Waals surface area (Å²) in [6.07, 6.45) is 5.54. The maximum Gasteiger partial charge on any atom is 0.289 e. The van der Waals surface area contributed by atoms with Crippen molar-refractivity contribution < 1.29 is 14.0 Å². The van der Waals surface area contributed by atoms with Crippen molar-refractivity contribution in [3.8, 4) is 0 Å². The molecule has 2 fully saturated rings. The van der Waals surface area contributed by atoms with Gasteiger partial charge in [-0.3, -0.25) is 9.59 Å². The van der Waals surface area contributed by atoms with Crippen molar-refractivity contribution >= 4 is 24.2 Å². The molecule has 2 unspecified atom stereocenters. The van der Waals surface area contributed by atoms with Gasteiger partial charge in [0, 0.05) is 25.2 Å². The number of halogens is 1. The van der Waals surface area contributed by atoms with E-state index in [9.17, 15) is 9.59 Å². The first-order chi connectivity index (χ1) is 11.1. The number of aryl methyl sites for hydroxylation is 1. The zero-order valence-electron chi connectivity index (χ0n) is 14.0. The number of likely N-dealkylation sites (tertiary alicyclic amines) is 1. The van der Waals surface area contributed by atoms with Crippen LogP contribution in [-0.4, -0.2) is 48.9 Å². The van der Waals surface area contributed by atoms with Gasteiger partial charge in [-0.1, -0.05) is 0 Å².